The second-order valence-corrected chi connectivity index (χ2v) is 5.33. The summed E-state index contributed by atoms with van der Waals surface area (Å²) in [6.07, 6.45) is 5.44. The average Bonchev–Trinajstić information content (AvgIpc) is 2.13. The highest BCUT2D eigenvalue weighted by Gasteiger charge is 2.23. The highest BCUT2D eigenvalue weighted by molar-refractivity contribution is 4.74. The first kappa shape index (κ1) is 13.0. The molecule has 0 heterocycles. The molecule has 0 fully saturated rings. The molecular weight excluding hydrogens is 156 g/mol. The summed E-state index contributed by atoms with van der Waals surface area (Å²) in [6, 6.07) is 0. The van der Waals surface area contributed by atoms with Crippen LogP contribution in [0.25, 0.3) is 0 Å². The van der Waals surface area contributed by atoms with Crippen molar-refractivity contribution in [3.63, 3.8) is 0 Å². The fourth-order valence-electron chi connectivity index (χ4n) is 1.48. The molecule has 0 aromatic rings. The molecule has 2 atom stereocenters. The lowest BCUT2D eigenvalue weighted by molar-refractivity contribution is 0.198. The summed E-state index contributed by atoms with van der Waals surface area (Å²) in [5.41, 5.74) is 0.535. The van der Waals surface area contributed by atoms with Crippen molar-refractivity contribution in [3.05, 3.63) is 0 Å². The van der Waals surface area contributed by atoms with Crippen molar-refractivity contribution in [2.45, 2.75) is 67.2 Å². The Balaban J connectivity index is 3.80. The highest BCUT2D eigenvalue weighted by atomic mass is 14.3. The molecule has 0 nitrogen and oxygen atoms in total. The van der Waals surface area contributed by atoms with Gasteiger partial charge in [-0.3, -0.25) is 0 Å². The average molecular weight is 184 g/mol. The Kier molecular flexibility index (Phi) is 5.67. The van der Waals surface area contributed by atoms with Crippen LogP contribution < -0.4 is 0 Å². The maximum atomic E-state index is 2.41. The van der Waals surface area contributed by atoms with Crippen LogP contribution in [0.1, 0.15) is 67.2 Å². The zero-order chi connectivity index (χ0) is 10.5. The summed E-state index contributed by atoms with van der Waals surface area (Å²) >= 11 is 0. The third-order valence-electron chi connectivity index (χ3n) is 4.03. The minimum Gasteiger partial charge on any atom is -0.0651 e. The van der Waals surface area contributed by atoms with Crippen molar-refractivity contribution in [1.29, 1.82) is 0 Å². The van der Waals surface area contributed by atoms with Gasteiger partial charge in [-0.15, -0.1) is 0 Å². The van der Waals surface area contributed by atoms with Crippen LogP contribution >= 0.6 is 0 Å². The molecular formula is C13H28. The maximum absolute atomic E-state index is 2.41. The van der Waals surface area contributed by atoms with E-state index in [1.807, 2.05) is 0 Å². The molecule has 0 aliphatic carbocycles. The third kappa shape index (κ3) is 4.69. The topological polar surface area (TPSA) is 0 Å². The molecule has 0 heteroatoms. The fraction of sp³-hybridized carbons (Fsp3) is 1.00. The molecule has 80 valence electrons. The lowest BCUT2D eigenvalue weighted by atomic mass is 9.75. The Bertz CT molecular complexity index is 124. The molecule has 2 unspecified atom stereocenters. The van der Waals surface area contributed by atoms with Crippen LogP contribution in [-0.2, 0) is 0 Å². The van der Waals surface area contributed by atoms with Crippen LogP contribution in [0.4, 0.5) is 0 Å². The predicted molar refractivity (Wildman–Crippen MR) is 61.9 cm³/mol. The van der Waals surface area contributed by atoms with E-state index in [-0.39, 0.29) is 0 Å². The lowest BCUT2D eigenvalue weighted by Gasteiger charge is -2.31. The van der Waals surface area contributed by atoms with Gasteiger partial charge >= 0.3 is 0 Å². The zero-order valence-electron chi connectivity index (χ0n) is 10.5. The molecule has 0 aliphatic heterocycles. The first-order chi connectivity index (χ1) is 5.94. The van der Waals surface area contributed by atoms with Crippen LogP contribution in [0, 0.1) is 17.3 Å². The smallest absolute Gasteiger partial charge is 0.0331 e. The van der Waals surface area contributed by atoms with E-state index in [2.05, 4.69) is 41.5 Å². The first-order valence-electron chi connectivity index (χ1n) is 5.94. The second kappa shape index (κ2) is 5.67. The molecule has 0 radical (unpaired) electrons. The highest BCUT2D eigenvalue weighted by Crippen LogP contribution is 2.34. The number of hydrogen-bond acceptors (Lipinski definition) is 0. The van der Waals surface area contributed by atoms with E-state index in [1.54, 1.807) is 0 Å². The molecule has 0 saturated heterocycles. The Morgan fingerprint density at radius 1 is 1.00 bits per heavy atom. The van der Waals surface area contributed by atoms with Gasteiger partial charge in [0.15, 0.2) is 0 Å². The summed E-state index contributed by atoms with van der Waals surface area (Å²) in [5, 5.41) is 0. The Labute approximate surface area is 85.1 Å². The van der Waals surface area contributed by atoms with Crippen LogP contribution in [0.2, 0.25) is 0 Å². The van der Waals surface area contributed by atoms with Crippen molar-refractivity contribution in [3.8, 4) is 0 Å². The van der Waals surface area contributed by atoms with Gasteiger partial charge in [-0.25, -0.2) is 0 Å². The minimum absolute atomic E-state index is 0.535. The van der Waals surface area contributed by atoms with Crippen LogP contribution in [-0.4, -0.2) is 0 Å². The van der Waals surface area contributed by atoms with E-state index >= 15 is 0 Å². The summed E-state index contributed by atoms with van der Waals surface area (Å²) in [6.45, 7) is 14.2. The molecule has 0 aromatic heterocycles. The first-order valence-corrected chi connectivity index (χ1v) is 5.94. The Morgan fingerprint density at radius 3 is 1.92 bits per heavy atom. The molecule has 0 amide bonds. The minimum atomic E-state index is 0.535. The SMILES string of the molecule is CCC(C)CCC(C)C(C)(C)CC. The number of rotatable bonds is 6. The van der Waals surface area contributed by atoms with Gasteiger partial charge in [-0.05, 0) is 23.7 Å². The summed E-state index contributed by atoms with van der Waals surface area (Å²) in [7, 11) is 0. The van der Waals surface area contributed by atoms with Gasteiger partial charge in [-0.2, -0.15) is 0 Å². The normalized spacial score (nSPS) is 17.1. The van der Waals surface area contributed by atoms with Gasteiger partial charge in [0.2, 0.25) is 0 Å². The molecule has 0 aromatic carbocycles. The summed E-state index contributed by atoms with van der Waals surface area (Å²) in [5.74, 6) is 1.78. The van der Waals surface area contributed by atoms with Crippen molar-refractivity contribution >= 4 is 0 Å². The standard InChI is InChI=1S/C13H28/c1-7-11(3)9-10-12(4)13(5,6)8-2/h11-12H,7-10H2,1-6H3. The molecule has 0 N–H and O–H groups in total. The quantitative estimate of drug-likeness (QED) is 0.551. The predicted octanol–water partition coefficient (Wildman–Crippen LogP) is 4.89. The Morgan fingerprint density at radius 2 is 1.54 bits per heavy atom. The third-order valence-corrected chi connectivity index (χ3v) is 4.03. The van der Waals surface area contributed by atoms with Crippen molar-refractivity contribution < 1.29 is 0 Å². The van der Waals surface area contributed by atoms with Crippen molar-refractivity contribution in [1.82, 2.24) is 0 Å². The molecule has 0 aliphatic rings. The van der Waals surface area contributed by atoms with Crippen molar-refractivity contribution in [2.75, 3.05) is 0 Å². The fourth-order valence-corrected chi connectivity index (χ4v) is 1.48. The Hall–Kier alpha value is 0. The molecule has 0 bridgehead atoms. The molecule has 0 spiro atoms. The van der Waals surface area contributed by atoms with Gasteiger partial charge < -0.3 is 0 Å². The maximum Gasteiger partial charge on any atom is -0.0331 e. The zero-order valence-corrected chi connectivity index (χ0v) is 10.5. The van der Waals surface area contributed by atoms with E-state index in [1.165, 1.54) is 25.7 Å². The van der Waals surface area contributed by atoms with Crippen LogP contribution in [0.3, 0.4) is 0 Å². The monoisotopic (exact) mass is 184 g/mol. The largest absolute Gasteiger partial charge is 0.0651 e. The van der Waals surface area contributed by atoms with E-state index in [0.717, 1.165) is 11.8 Å². The van der Waals surface area contributed by atoms with Gasteiger partial charge in [-0.1, -0.05) is 60.8 Å². The van der Waals surface area contributed by atoms with Gasteiger partial charge in [0, 0.05) is 0 Å². The van der Waals surface area contributed by atoms with E-state index in [4.69, 9.17) is 0 Å². The summed E-state index contributed by atoms with van der Waals surface area (Å²) in [4.78, 5) is 0. The lowest BCUT2D eigenvalue weighted by Crippen LogP contribution is -2.21. The van der Waals surface area contributed by atoms with Crippen LogP contribution in [0.15, 0.2) is 0 Å². The molecule has 0 saturated carbocycles. The number of hydrogen-bond donors (Lipinski definition) is 0. The second-order valence-electron chi connectivity index (χ2n) is 5.33. The van der Waals surface area contributed by atoms with Gasteiger partial charge in [0.05, 0.1) is 0 Å². The van der Waals surface area contributed by atoms with E-state index < -0.39 is 0 Å². The van der Waals surface area contributed by atoms with E-state index in [9.17, 15) is 0 Å². The molecule has 13 heavy (non-hydrogen) atoms. The summed E-state index contributed by atoms with van der Waals surface area (Å²) < 4.78 is 0. The van der Waals surface area contributed by atoms with Crippen LogP contribution in [0.5, 0.6) is 0 Å². The van der Waals surface area contributed by atoms with Gasteiger partial charge in [0.25, 0.3) is 0 Å². The van der Waals surface area contributed by atoms with E-state index in [0.29, 0.717) is 5.41 Å². The molecule has 0 rings (SSSR count). The van der Waals surface area contributed by atoms with Gasteiger partial charge in [0.1, 0.15) is 0 Å². The van der Waals surface area contributed by atoms with Crippen molar-refractivity contribution in [2.24, 2.45) is 17.3 Å².